The molecule has 0 saturated heterocycles. The topological polar surface area (TPSA) is 80.4 Å². The normalized spacial score (nSPS) is 14.3. The third kappa shape index (κ3) is 2.60. The molecule has 0 fully saturated rings. The monoisotopic (exact) mass is 209 g/mol. The van der Waals surface area contributed by atoms with Gasteiger partial charge in [-0.2, -0.15) is 0 Å². The fraction of sp³-hybridized carbons (Fsp3) is 0.300. The maximum Gasteiger partial charge on any atom is 0.269 e. The van der Waals surface area contributed by atoms with Crippen molar-refractivity contribution in [3.05, 3.63) is 39.9 Å². The van der Waals surface area contributed by atoms with Gasteiger partial charge in [-0.1, -0.05) is 6.92 Å². The number of nitrogens with zero attached hydrogens (tertiary/aromatic N) is 1. The van der Waals surface area contributed by atoms with Crippen LogP contribution in [0, 0.1) is 16.0 Å². The van der Waals surface area contributed by atoms with E-state index in [1.54, 1.807) is 6.92 Å². The Kier molecular flexibility index (Phi) is 3.51. The molecule has 1 N–H and O–H groups in total. The average molecular weight is 209 g/mol. The molecule has 0 radical (unpaired) electrons. The number of nitro groups is 1. The zero-order valence-electron chi connectivity index (χ0n) is 8.16. The van der Waals surface area contributed by atoms with Crippen LogP contribution in [0.25, 0.3) is 0 Å². The molecule has 80 valence electrons. The van der Waals surface area contributed by atoms with E-state index in [0.29, 0.717) is 11.8 Å². The van der Waals surface area contributed by atoms with Crippen LogP contribution in [0.1, 0.15) is 18.6 Å². The van der Waals surface area contributed by atoms with Crippen molar-refractivity contribution < 1.29 is 14.8 Å². The van der Waals surface area contributed by atoms with Gasteiger partial charge in [-0.05, 0) is 17.7 Å². The second-order valence-corrected chi connectivity index (χ2v) is 3.29. The number of carbonyl (C=O) groups excluding carboxylic acids is 1. The Labute approximate surface area is 86.5 Å². The molecule has 0 bridgehead atoms. The first kappa shape index (κ1) is 11.3. The lowest BCUT2D eigenvalue weighted by Gasteiger charge is -2.12. The number of aliphatic hydroxyl groups excluding tert-OH is 1. The highest BCUT2D eigenvalue weighted by Gasteiger charge is 2.16. The molecule has 0 aliphatic rings. The molecule has 0 aliphatic heterocycles. The van der Waals surface area contributed by atoms with Gasteiger partial charge in [-0.25, -0.2) is 0 Å². The van der Waals surface area contributed by atoms with Crippen molar-refractivity contribution in [2.45, 2.75) is 13.0 Å². The lowest BCUT2D eigenvalue weighted by atomic mass is 9.99. The minimum Gasteiger partial charge on any atom is -0.388 e. The summed E-state index contributed by atoms with van der Waals surface area (Å²) in [6.45, 7) is 1.58. The highest BCUT2D eigenvalue weighted by atomic mass is 16.6. The van der Waals surface area contributed by atoms with E-state index in [1.807, 2.05) is 0 Å². The first-order chi connectivity index (χ1) is 7.06. The fourth-order valence-corrected chi connectivity index (χ4v) is 1.17. The smallest absolute Gasteiger partial charge is 0.269 e. The lowest BCUT2D eigenvalue weighted by molar-refractivity contribution is -0.384. The second kappa shape index (κ2) is 4.65. The summed E-state index contributed by atoms with van der Waals surface area (Å²) < 4.78 is 0. The maximum atomic E-state index is 10.4. The Morgan fingerprint density at radius 1 is 1.40 bits per heavy atom. The van der Waals surface area contributed by atoms with Crippen molar-refractivity contribution in [2.75, 3.05) is 0 Å². The van der Waals surface area contributed by atoms with Crippen molar-refractivity contribution in [2.24, 2.45) is 5.92 Å². The molecule has 0 spiro atoms. The van der Waals surface area contributed by atoms with Crippen molar-refractivity contribution in [3.8, 4) is 0 Å². The van der Waals surface area contributed by atoms with Gasteiger partial charge in [-0.15, -0.1) is 0 Å². The SMILES string of the molecule is C[C@H](C=O)[C@@H](O)c1ccc([N+](=O)[O-])cc1. The quantitative estimate of drug-likeness (QED) is 0.462. The van der Waals surface area contributed by atoms with E-state index in [9.17, 15) is 20.0 Å². The van der Waals surface area contributed by atoms with Crippen LogP contribution >= 0.6 is 0 Å². The molecule has 15 heavy (non-hydrogen) atoms. The summed E-state index contributed by atoms with van der Waals surface area (Å²) >= 11 is 0. The molecule has 2 atom stereocenters. The van der Waals surface area contributed by atoms with Crippen molar-refractivity contribution in [1.29, 1.82) is 0 Å². The molecule has 0 saturated carbocycles. The number of hydrogen-bond donors (Lipinski definition) is 1. The molecule has 0 unspecified atom stereocenters. The highest BCUT2D eigenvalue weighted by molar-refractivity contribution is 5.54. The van der Waals surface area contributed by atoms with E-state index >= 15 is 0 Å². The van der Waals surface area contributed by atoms with Gasteiger partial charge in [0.1, 0.15) is 6.29 Å². The van der Waals surface area contributed by atoms with E-state index in [0.717, 1.165) is 0 Å². The summed E-state index contributed by atoms with van der Waals surface area (Å²) in [4.78, 5) is 20.3. The summed E-state index contributed by atoms with van der Waals surface area (Å²) in [5.74, 6) is -0.522. The lowest BCUT2D eigenvalue weighted by Crippen LogP contribution is -2.10. The summed E-state index contributed by atoms with van der Waals surface area (Å²) in [7, 11) is 0. The Bertz CT molecular complexity index is 360. The maximum absolute atomic E-state index is 10.4. The minimum atomic E-state index is -0.914. The number of aldehydes is 1. The minimum absolute atomic E-state index is 0.0373. The summed E-state index contributed by atoms with van der Waals surface area (Å²) in [6, 6.07) is 5.50. The zero-order chi connectivity index (χ0) is 11.4. The number of non-ortho nitro benzene ring substituents is 1. The Morgan fingerprint density at radius 3 is 2.33 bits per heavy atom. The van der Waals surface area contributed by atoms with Gasteiger partial charge < -0.3 is 9.90 Å². The predicted molar refractivity (Wildman–Crippen MR) is 53.3 cm³/mol. The largest absolute Gasteiger partial charge is 0.388 e. The average Bonchev–Trinajstić information content (AvgIpc) is 2.27. The van der Waals surface area contributed by atoms with Crippen LogP contribution in [0.3, 0.4) is 0 Å². The molecule has 1 rings (SSSR count). The number of aliphatic hydroxyl groups is 1. The van der Waals surface area contributed by atoms with Crippen molar-refractivity contribution in [3.63, 3.8) is 0 Å². The predicted octanol–water partition coefficient (Wildman–Crippen LogP) is 1.46. The molecule has 1 aromatic rings. The van der Waals surface area contributed by atoms with Crippen LogP contribution in [0.2, 0.25) is 0 Å². The number of carbonyl (C=O) groups is 1. The van der Waals surface area contributed by atoms with Crippen LogP contribution in [0.15, 0.2) is 24.3 Å². The van der Waals surface area contributed by atoms with E-state index in [-0.39, 0.29) is 5.69 Å². The number of rotatable bonds is 4. The molecule has 5 nitrogen and oxygen atoms in total. The van der Waals surface area contributed by atoms with Crippen LogP contribution < -0.4 is 0 Å². The molecule has 0 heterocycles. The molecule has 0 aromatic heterocycles. The van der Waals surface area contributed by atoms with Gasteiger partial charge in [0.05, 0.1) is 11.0 Å². The van der Waals surface area contributed by atoms with Gasteiger partial charge in [0.15, 0.2) is 0 Å². The van der Waals surface area contributed by atoms with Gasteiger partial charge in [0.25, 0.3) is 5.69 Å². The van der Waals surface area contributed by atoms with Crippen LogP contribution in [0.4, 0.5) is 5.69 Å². The third-order valence-corrected chi connectivity index (χ3v) is 2.16. The van der Waals surface area contributed by atoms with E-state index < -0.39 is 16.9 Å². The molecule has 5 heteroatoms. The molecular formula is C10H11NO4. The molecule has 0 aliphatic carbocycles. The Hall–Kier alpha value is -1.75. The van der Waals surface area contributed by atoms with Gasteiger partial charge in [0, 0.05) is 18.1 Å². The number of benzene rings is 1. The zero-order valence-corrected chi connectivity index (χ0v) is 8.16. The van der Waals surface area contributed by atoms with Gasteiger partial charge >= 0.3 is 0 Å². The number of nitro benzene ring substituents is 1. The van der Waals surface area contributed by atoms with E-state index in [4.69, 9.17) is 0 Å². The van der Waals surface area contributed by atoms with E-state index in [1.165, 1.54) is 24.3 Å². The highest BCUT2D eigenvalue weighted by Crippen LogP contribution is 2.22. The fourth-order valence-electron chi connectivity index (χ4n) is 1.17. The Balaban J connectivity index is 2.88. The van der Waals surface area contributed by atoms with Crippen molar-refractivity contribution >= 4 is 12.0 Å². The molecule has 1 aromatic carbocycles. The first-order valence-corrected chi connectivity index (χ1v) is 4.44. The molecular weight excluding hydrogens is 198 g/mol. The van der Waals surface area contributed by atoms with Crippen molar-refractivity contribution in [1.82, 2.24) is 0 Å². The summed E-state index contributed by atoms with van der Waals surface area (Å²) in [5, 5.41) is 20.0. The summed E-state index contributed by atoms with van der Waals surface area (Å²) in [6.07, 6.45) is -0.269. The third-order valence-electron chi connectivity index (χ3n) is 2.16. The Morgan fingerprint density at radius 2 is 1.93 bits per heavy atom. The van der Waals surface area contributed by atoms with Gasteiger partial charge in [-0.3, -0.25) is 10.1 Å². The van der Waals surface area contributed by atoms with Crippen LogP contribution in [-0.2, 0) is 4.79 Å². The van der Waals surface area contributed by atoms with E-state index in [2.05, 4.69) is 0 Å². The summed E-state index contributed by atoms with van der Waals surface area (Å²) in [5.41, 5.74) is 0.463. The standard InChI is InChI=1S/C10H11NO4/c1-7(6-12)10(13)8-2-4-9(5-3-8)11(14)15/h2-7,10,13H,1H3/t7-,10-/m1/s1. The number of hydrogen-bond acceptors (Lipinski definition) is 4. The molecule has 0 amide bonds. The first-order valence-electron chi connectivity index (χ1n) is 4.44. The van der Waals surface area contributed by atoms with Gasteiger partial charge in [0.2, 0.25) is 0 Å². The van der Waals surface area contributed by atoms with Crippen LogP contribution in [-0.4, -0.2) is 16.3 Å². The van der Waals surface area contributed by atoms with Crippen LogP contribution in [0.5, 0.6) is 0 Å². The second-order valence-electron chi connectivity index (χ2n) is 3.29.